The molecule has 1 aliphatic carbocycles. The molecule has 0 amide bonds. The van der Waals surface area contributed by atoms with Crippen LogP contribution in [0.15, 0.2) is 128 Å². The van der Waals surface area contributed by atoms with Crippen molar-refractivity contribution in [3.63, 3.8) is 0 Å². The lowest BCUT2D eigenvalue weighted by atomic mass is 10.1. The number of hydrogen-bond donors (Lipinski definition) is 2. The smallest absolute Gasteiger partial charge is 0.0691 e. The number of allylic oxidation sites excluding steroid dienone is 4. The quantitative estimate of drug-likeness (QED) is 0.257. The number of aromatic nitrogens is 5. The Kier molecular flexibility index (Phi) is 4.77. The fourth-order valence-electron chi connectivity index (χ4n) is 5.13. The Hall–Kier alpha value is -4.90. The van der Waals surface area contributed by atoms with Gasteiger partial charge in [0.2, 0.25) is 0 Å². The maximum Gasteiger partial charge on any atom is 0.0691 e. The summed E-state index contributed by atoms with van der Waals surface area (Å²) in [6.07, 6.45) is 17.8. The van der Waals surface area contributed by atoms with E-state index in [1.54, 1.807) is 0 Å². The van der Waals surface area contributed by atoms with Gasteiger partial charge in [0.15, 0.2) is 0 Å². The predicted molar refractivity (Wildman–Crippen MR) is 146 cm³/mol. The van der Waals surface area contributed by atoms with Crippen LogP contribution >= 0.6 is 0 Å². The van der Waals surface area contributed by atoms with Crippen molar-refractivity contribution >= 4 is 5.57 Å². The summed E-state index contributed by atoms with van der Waals surface area (Å²) in [5.74, 6) is 0. The van der Waals surface area contributed by atoms with E-state index in [0.717, 1.165) is 46.3 Å². The van der Waals surface area contributed by atoms with Crippen LogP contribution in [0.2, 0.25) is 0 Å². The van der Waals surface area contributed by atoms with Crippen LogP contribution < -0.4 is 0 Å². The monoisotopic (exact) mass is 467 g/mol. The third kappa shape index (κ3) is 3.41. The zero-order valence-electron chi connectivity index (χ0n) is 19.7. The van der Waals surface area contributed by atoms with Crippen molar-refractivity contribution in [1.29, 1.82) is 0 Å². The molecule has 5 heteroatoms. The molecule has 1 aliphatic rings. The van der Waals surface area contributed by atoms with Gasteiger partial charge in [-0.1, -0.05) is 18.2 Å². The lowest BCUT2D eigenvalue weighted by molar-refractivity contribution is 0.999. The molecule has 0 radical (unpaired) electrons. The van der Waals surface area contributed by atoms with Crippen LogP contribution in [0.4, 0.5) is 0 Å². The molecule has 5 nitrogen and oxygen atoms in total. The molecule has 0 spiro atoms. The molecule has 1 aromatic carbocycles. The average Bonchev–Trinajstić information content (AvgIpc) is 3.76. The molecule has 6 aromatic rings. The third-order valence-corrected chi connectivity index (χ3v) is 6.82. The van der Waals surface area contributed by atoms with E-state index in [0.29, 0.717) is 0 Å². The lowest BCUT2D eigenvalue weighted by Crippen LogP contribution is -2.05. The summed E-state index contributed by atoms with van der Waals surface area (Å²) < 4.78 is 6.79. The van der Waals surface area contributed by atoms with E-state index in [1.165, 1.54) is 11.3 Å². The highest BCUT2D eigenvalue weighted by molar-refractivity contribution is 5.72. The van der Waals surface area contributed by atoms with Gasteiger partial charge < -0.3 is 23.7 Å². The second-order valence-electron chi connectivity index (χ2n) is 8.99. The Morgan fingerprint density at radius 2 is 1.06 bits per heavy atom. The highest BCUT2D eigenvalue weighted by atomic mass is 15.0. The minimum Gasteiger partial charge on any atom is -0.360 e. The van der Waals surface area contributed by atoms with Gasteiger partial charge in [-0.2, -0.15) is 0 Å². The van der Waals surface area contributed by atoms with E-state index in [9.17, 15) is 0 Å². The summed E-state index contributed by atoms with van der Waals surface area (Å²) in [6.45, 7) is 0. The first kappa shape index (κ1) is 20.5. The van der Waals surface area contributed by atoms with E-state index in [4.69, 9.17) is 0 Å². The highest BCUT2D eigenvalue weighted by Gasteiger charge is 2.15. The van der Waals surface area contributed by atoms with Crippen molar-refractivity contribution in [2.75, 3.05) is 0 Å². The number of aromatic amines is 2. The molecule has 174 valence electrons. The average molecular weight is 468 g/mol. The fourth-order valence-corrected chi connectivity index (χ4v) is 5.13. The molecular weight excluding hydrogens is 442 g/mol. The minimum atomic E-state index is 0.958. The molecule has 0 unspecified atom stereocenters. The first-order valence-corrected chi connectivity index (χ1v) is 12.2. The number of H-pyrrole nitrogens is 2. The minimum absolute atomic E-state index is 0.958. The van der Waals surface area contributed by atoms with Gasteiger partial charge in [-0.05, 0) is 90.9 Å². The first-order chi connectivity index (χ1) is 17.8. The molecule has 7 rings (SSSR count). The number of rotatable bonds is 6. The van der Waals surface area contributed by atoms with Crippen molar-refractivity contribution < 1.29 is 0 Å². The molecule has 0 bridgehead atoms. The first-order valence-electron chi connectivity index (χ1n) is 12.2. The summed E-state index contributed by atoms with van der Waals surface area (Å²) in [5.41, 5.74) is 10.3. The van der Waals surface area contributed by atoms with Gasteiger partial charge in [-0.3, -0.25) is 0 Å². The standard InChI is InChI=1S/C31H25N5/c1-2-9-23(8-1)29-12-5-17-34(29)24-20-25(35-18-6-13-30(35)27-10-3-15-32-27)22-26(21-24)36-19-7-14-31(36)28-11-4-16-33-28/h1-8,10-22,32-33H,9H2. The van der Waals surface area contributed by atoms with Crippen molar-refractivity contribution in [1.82, 2.24) is 23.7 Å². The van der Waals surface area contributed by atoms with Crippen LogP contribution in [-0.2, 0) is 0 Å². The highest BCUT2D eigenvalue weighted by Crippen LogP contribution is 2.32. The molecule has 0 saturated heterocycles. The van der Waals surface area contributed by atoms with Crippen molar-refractivity contribution in [3.05, 3.63) is 134 Å². The van der Waals surface area contributed by atoms with Gasteiger partial charge in [-0.15, -0.1) is 0 Å². The van der Waals surface area contributed by atoms with Gasteiger partial charge in [0.25, 0.3) is 0 Å². The Morgan fingerprint density at radius 3 is 1.50 bits per heavy atom. The summed E-state index contributed by atoms with van der Waals surface area (Å²) in [4.78, 5) is 6.72. The molecule has 5 aromatic heterocycles. The zero-order valence-corrected chi connectivity index (χ0v) is 19.7. The maximum absolute atomic E-state index is 3.36. The van der Waals surface area contributed by atoms with Crippen molar-refractivity contribution in [2.24, 2.45) is 0 Å². The SMILES string of the molecule is C1=CCC(c2cccn2-c2cc(-n3cccc3-c3ccc[nH]3)cc(-n3cccc3-c3ccc[nH]3)c2)=C1. The van der Waals surface area contributed by atoms with E-state index in [-0.39, 0.29) is 0 Å². The van der Waals surface area contributed by atoms with E-state index >= 15 is 0 Å². The van der Waals surface area contributed by atoms with E-state index in [2.05, 4.69) is 127 Å². The largest absolute Gasteiger partial charge is 0.360 e. The number of nitrogens with zero attached hydrogens (tertiary/aromatic N) is 3. The van der Waals surface area contributed by atoms with Gasteiger partial charge in [0, 0.05) is 53.7 Å². The Bertz CT molecular complexity index is 1610. The maximum atomic E-state index is 3.36. The third-order valence-electron chi connectivity index (χ3n) is 6.82. The summed E-state index contributed by atoms with van der Waals surface area (Å²) in [6, 6.07) is 27.9. The van der Waals surface area contributed by atoms with E-state index < -0.39 is 0 Å². The Morgan fingerprint density at radius 1 is 0.556 bits per heavy atom. The van der Waals surface area contributed by atoms with Crippen molar-refractivity contribution in [3.8, 4) is 39.8 Å². The van der Waals surface area contributed by atoms with Crippen LogP contribution in [-0.4, -0.2) is 23.7 Å². The number of hydrogen-bond acceptors (Lipinski definition) is 0. The van der Waals surface area contributed by atoms with Crippen LogP contribution in [0, 0.1) is 0 Å². The van der Waals surface area contributed by atoms with Crippen LogP contribution in [0.25, 0.3) is 45.4 Å². The fraction of sp³-hybridized carbons (Fsp3) is 0.0323. The van der Waals surface area contributed by atoms with Gasteiger partial charge in [-0.25, -0.2) is 0 Å². The van der Waals surface area contributed by atoms with E-state index in [1.807, 2.05) is 24.5 Å². The summed E-state index contributed by atoms with van der Waals surface area (Å²) in [7, 11) is 0. The van der Waals surface area contributed by atoms with Gasteiger partial charge >= 0.3 is 0 Å². The Labute approximate surface area is 209 Å². The normalized spacial score (nSPS) is 12.9. The molecular formula is C31H25N5. The lowest BCUT2D eigenvalue weighted by Gasteiger charge is -2.18. The number of benzene rings is 1. The molecule has 0 fully saturated rings. The van der Waals surface area contributed by atoms with Crippen LogP contribution in [0.5, 0.6) is 0 Å². The van der Waals surface area contributed by atoms with Crippen LogP contribution in [0.3, 0.4) is 0 Å². The second-order valence-corrected chi connectivity index (χ2v) is 8.99. The predicted octanol–water partition coefficient (Wildman–Crippen LogP) is 7.39. The Balaban J connectivity index is 1.44. The molecule has 36 heavy (non-hydrogen) atoms. The second kappa shape index (κ2) is 8.40. The number of nitrogens with one attached hydrogen (secondary N) is 2. The molecule has 5 heterocycles. The van der Waals surface area contributed by atoms with Crippen molar-refractivity contribution in [2.45, 2.75) is 6.42 Å². The molecule has 2 N–H and O–H groups in total. The topological polar surface area (TPSA) is 46.4 Å². The summed E-state index contributed by atoms with van der Waals surface area (Å²) in [5, 5.41) is 0. The summed E-state index contributed by atoms with van der Waals surface area (Å²) >= 11 is 0. The molecule has 0 aliphatic heterocycles. The van der Waals surface area contributed by atoms with Gasteiger partial charge in [0.1, 0.15) is 0 Å². The zero-order chi connectivity index (χ0) is 23.9. The van der Waals surface area contributed by atoms with Crippen LogP contribution in [0.1, 0.15) is 12.1 Å². The molecule has 0 saturated carbocycles. The molecule has 0 atom stereocenters. The van der Waals surface area contributed by atoms with Gasteiger partial charge in [0.05, 0.1) is 22.8 Å².